The Kier molecular flexibility index (Phi) is 5.32. The second-order valence-corrected chi connectivity index (χ2v) is 7.31. The zero-order chi connectivity index (χ0) is 18.8. The number of allylic oxidation sites excluding steroid dienone is 1. The minimum atomic E-state index is -3.96. The number of aromatic nitrogens is 2. The van der Waals surface area contributed by atoms with E-state index >= 15 is 0 Å². The van der Waals surface area contributed by atoms with Crippen LogP contribution in [0.3, 0.4) is 0 Å². The van der Waals surface area contributed by atoms with E-state index in [1.165, 1.54) is 29.8 Å². The molecule has 2 rings (SSSR count). The van der Waals surface area contributed by atoms with Gasteiger partial charge in [-0.25, -0.2) is 13.2 Å². The van der Waals surface area contributed by atoms with Crippen LogP contribution in [0.2, 0.25) is 0 Å². The summed E-state index contributed by atoms with van der Waals surface area (Å²) >= 11 is 0. The largest absolute Gasteiger partial charge is 0.331 e. The Balaban J connectivity index is 2.68. The van der Waals surface area contributed by atoms with Crippen molar-refractivity contribution in [2.24, 2.45) is 7.05 Å². The molecule has 0 saturated heterocycles. The van der Waals surface area contributed by atoms with E-state index in [9.17, 15) is 18.0 Å². The second-order valence-electron chi connectivity index (χ2n) is 5.62. The van der Waals surface area contributed by atoms with Crippen molar-refractivity contribution in [1.82, 2.24) is 9.13 Å². The van der Waals surface area contributed by atoms with Gasteiger partial charge in [-0.15, -0.1) is 6.58 Å². The summed E-state index contributed by atoms with van der Waals surface area (Å²) in [6, 6.07) is 6.27. The molecular weight excluding hydrogens is 342 g/mol. The van der Waals surface area contributed by atoms with Crippen LogP contribution in [0.4, 0.5) is 5.69 Å². The lowest BCUT2D eigenvalue weighted by Crippen LogP contribution is -2.41. The molecule has 134 valence electrons. The monoisotopic (exact) mass is 363 g/mol. The lowest BCUT2D eigenvalue weighted by atomic mass is 10.2. The van der Waals surface area contributed by atoms with Crippen LogP contribution in [0.25, 0.3) is 0 Å². The SMILES string of the molecule is C=CCc1c(NS(=O)(=O)c2ccc(C)cc2)c(=O)n(C)c(=O)n1CC. The summed E-state index contributed by atoms with van der Waals surface area (Å²) < 4.78 is 29.9. The van der Waals surface area contributed by atoms with E-state index in [4.69, 9.17) is 0 Å². The van der Waals surface area contributed by atoms with Crippen LogP contribution in [0, 0.1) is 6.92 Å². The molecule has 0 unspecified atom stereocenters. The molecule has 0 spiro atoms. The standard InChI is InChI=1S/C17H21N3O4S/c1-5-7-14-15(16(21)19(4)17(22)20(14)6-2)18-25(23,24)13-10-8-12(3)9-11-13/h5,8-11,18H,1,6-7H2,2-4H3. The summed E-state index contributed by atoms with van der Waals surface area (Å²) in [4.78, 5) is 24.8. The van der Waals surface area contributed by atoms with Gasteiger partial charge in [-0.3, -0.25) is 18.7 Å². The summed E-state index contributed by atoms with van der Waals surface area (Å²) in [6.45, 7) is 7.51. The van der Waals surface area contributed by atoms with E-state index < -0.39 is 21.3 Å². The number of hydrogen-bond donors (Lipinski definition) is 1. The Morgan fingerprint density at radius 3 is 2.32 bits per heavy atom. The molecule has 0 radical (unpaired) electrons. The number of sulfonamides is 1. The molecule has 2 aromatic rings. The topological polar surface area (TPSA) is 90.2 Å². The third-order valence-corrected chi connectivity index (χ3v) is 5.24. The van der Waals surface area contributed by atoms with E-state index in [1.54, 1.807) is 19.1 Å². The fourth-order valence-electron chi connectivity index (χ4n) is 2.50. The van der Waals surface area contributed by atoms with Crippen molar-refractivity contribution in [2.75, 3.05) is 4.72 Å². The van der Waals surface area contributed by atoms with Crippen LogP contribution in [0.15, 0.2) is 51.4 Å². The highest BCUT2D eigenvalue weighted by Crippen LogP contribution is 2.17. The first kappa shape index (κ1) is 18.7. The number of aryl methyl sites for hydroxylation is 1. The van der Waals surface area contributed by atoms with Gasteiger partial charge >= 0.3 is 5.69 Å². The van der Waals surface area contributed by atoms with Crippen molar-refractivity contribution in [3.8, 4) is 0 Å². The lowest BCUT2D eigenvalue weighted by molar-refractivity contribution is 0.595. The molecule has 0 aliphatic carbocycles. The van der Waals surface area contributed by atoms with E-state index in [0.29, 0.717) is 12.2 Å². The third-order valence-electron chi connectivity index (χ3n) is 3.87. The molecule has 7 nitrogen and oxygen atoms in total. The van der Waals surface area contributed by atoms with E-state index in [1.807, 2.05) is 6.92 Å². The van der Waals surface area contributed by atoms with Gasteiger partial charge in [-0.05, 0) is 26.0 Å². The van der Waals surface area contributed by atoms with Gasteiger partial charge in [0.1, 0.15) is 5.69 Å². The minimum Gasteiger partial charge on any atom is -0.295 e. The summed E-state index contributed by atoms with van der Waals surface area (Å²) in [5.41, 5.74) is -0.114. The normalized spacial score (nSPS) is 11.3. The smallest absolute Gasteiger partial charge is 0.295 e. The molecule has 1 heterocycles. The number of benzene rings is 1. The van der Waals surface area contributed by atoms with Crippen LogP contribution in [-0.4, -0.2) is 17.6 Å². The zero-order valence-electron chi connectivity index (χ0n) is 14.4. The average molecular weight is 363 g/mol. The molecule has 1 N–H and O–H groups in total. The number of anilines is 1. The molecule has 0 fully saturated rings. The maximum absolute atomic E-state index is 12.6. The average Bonchev–Trinajstić information content (AvgIpc) is 2.57. The van der Waals surface area contributed by atoms with Crippen LogP contribution in [0.1, 0.15) is 18.2 Å². The van der Waals surface area contributed by atoms with E-state index in [-0.39, 0.29) is 17.0 Å². The maximum Gasteiger partial charge on any atom is 0.331 e. The highest BCUT2D eigenvalue weighted by Gasteiger charge is 2.22. The molecule has 0 bridgehead atoms. The number of nitrogens with zero attached hydrogens (tertiary/aromatic N) is 2. The van der Waals surface area contributed by atoms with Gasteiger partial charge in [0, 0.05) is 20.0 Å². The van der Waals surface area contributed by atoms with Crippen LogP contribution >= 0.6 is 0 Å². The summed E-state index contributed by atoms with van der Waals surface area (Å²) in [5, 5.41) is 0. The first-order valence-electron chi connectivity index (χ1n) is 7.76. The van der Waals surface area contributed by atoms with Gasteiger partial charge in [-0.1, -0.05) is 23.8 Å². The molecule has 0 atom stereocenters. The van der Waals surface area contributed by atoms with Gasteiger partial charge in [0.2, 0.25) is 0 Å². The fraction of sp³-hybridized carbons (Fsp3) is 0.294. The van der Waals surface area contributed by atoms with E-state index in [2.05, 4.69) is 11.3 Å². The molecule has 8 heteroatoms. The molecule has 0 aliphatic heterocycles. The van der Waals surface area contributed by atoms with Crippen LogP contribution in [-0.2, 0) is 30.0 Å². The molecule has 1 aromatic carbocycles. The maximum atomic E-state index is 12.6. The lowest BCUT2D eigenvalue weighted by Gasteiger charge is -2.17. The quantitative estimate of drug-likeness (QED) is 0.786. The van der Waals surface area contributed by atoms with Gasteiger partial charge in [0.15, 0.2) is 0 Å². The van der Waals surface area contributed by atoms with Gasteiger partial charge < -0.3 is 0 Å². The zero-order valence-corrected chi connectivity index (χ0v) is 15.3. The molecule has 1 aromatic heterocycles. The first-order valence-corrected chi connectivity index (χ1v) is 9.24. The van der Waals surface area contributed by atoms with Gasteiger partial charge in [0.25, 0.3) is 15.6 Å². The summed E-state index contributed by atoms with van der Waals surface area (Å²) in [6.07, 6.45) is 1.70. The molecular formula is C17H21N3O4S. The minimum absolute atomic E-state index is 0.0407. The Bertz CT molecular complexity index is 1020. The van der Waals surface area contributed by atoms with Gasteiger partial charge in [-0.2, -0.15) is 0 Å². The Morgan fingerprint density at radius 2 is 1.80 bits per heavy atom. The van der Waals surface area contributed by atoms with Crippen molar-refractivity contribution >= 4 is 15.7 Å². The van der Waals surface area contributed by atoms with Gasteiger partial charge in [0.05, 0.1) is 10.6 Å². The number of hydrogen-bond acceptors (Lipinski definition) is 4. The fourth-order valence-corrected chi connectivity index (χ4v) is 3.58. The highest BCUT2D eigenvalue weighted by molar-refractivity contribution is 7.92. The highest BCUT2D eigenvalue weighted by atomic mass is 32.2. The Hall–Kier alpha value is -2.61. The molecule has 0 amide bonds. The number of nitrogens with one attached hydrogen (secondary N) is 1. The Morgan fingerprint density at radius 1 is 1.20 bits per heavy atom. The molecule has 0 saturated carbocycles. The van der Waals surface area contributed by atoms with Crippen molar-refractivity contribution < 1.29 is 8.42 Å². The predicted molar refractivity (Wildman–Crippen MR) is 97.5 cm³/mol. The second kappa shape index (κ2) is 7.10. The molecule has 0 aliphatic rings. The van der Waals surface area contributed by atoms with Crippen molar-refractivity contribution in [3.05, 3.63) is 69.0 Å². The van der Waals surface area contributed by atoms with E-state index in [0.717, 1.165) is 10.1 Å². The summed E-state index contributed by atoms with van der Waals surface area (Å²) in [7, 11) is -2.64. The first-order chi connectivity index (χ1) is 11.7. The predicted octanol–water partition coefficient (Wildman–Crippen LogP) is 1.40. The van der Waals surface area contributed by atoms with Crippen molar-refractivity contribution in [1.29, 1.82) is 0 Å². The third kappa shape index (κ3) is 3.58. The van der Waals surface area contributed by atoms with Crippen LogP contribution < -0.4 is 16.0 Å². The summed E-state index contributed by atoms with van der Waals surface area (Å²) in [5.74, 6) is 0. The van der Waals surface area contributed by atoms with Crippen LogP contribution in [0.5, 0.6) is 0 Å². The van der Waals surface area contributed by atoms with Crippen molar-refractivity contribution in [3.63, 3.8) is 0 Å². The molecule has 25 heavy (non-hydrogen) atoms. The number of rotatable bonds is 6. The van der Waals surface area contributed by atoms with Crippen molar-refractivity contribution in [2.45, 2.75) is 31.7 Å². The Labute approximate surface area is 146 Å².